The maximum absolute atomic E-state index is 13.2. The molecule has 2 saturated carbocycles. The van der Waals surface area contributed by atoms with E-state index in [1.807, 2.05) is 25.1 Å². The average Bonchev–Trinajstić information content (AvgIpc) is 2.73. The highest BCUT2D eigenvalue weighted by atomic mass is 19.1. The van der Waals surface area contributed by atoms with Gasteiger partial charge in [-0.25, -0.2) is 4.39 Å². The molecule has 2 aliphatic rings. The summed E-state index contributed by atoms with van der Waals surface area (Å²) in [6.07, 6.45) is 8.51. The van der Waals surface area contributed by atoms with Crippen molar-refractivity contribution in [3.8, 4) is 11.1 Å². The van der Waals surface area contributed by atoms with Gasteiger partial charge in [-0.1, -0.05) is 12.5 Å². The molecule has 6 heteroatoms. The summed E-state index contributed by atoms with van der Waals surface area (Å²) in [4.78, 5) is 22.3. The van der Waals surface area contributed by atoms with Crippen molar-refractivity contribution >= 4 is 11.6 Å². The van der Waals surface area contributed by atoms with E-state index in [9.17, 15) is 14.3 Å². The monoisotopic (exact) mass is 431 g/mol. The quantitative estimate of drug-likeness (QED) is 0.595. The summed E-state index contributed by atoms with van der Waals surface area (Å²) >= 11 is 0. The first kappa shape index (κ1) is 20.8. The largest absolute Gasteiger partial charge is 0.385 e. The van der Waals surface area contributed by atoms with Gasteiger partial charge in [0.05, 0.1) is 16.7 Å². The van der Waals surface area contributed by atoms with Crippen molar-refractivity contribution < 1.29 is 14.3 Å². The number of rotatable bonds is 5. The molecule has 3 aromatic rings. The number of carbonyl (C=O) groups is 1. The minimum Gasteiger partial charge on any atom is -0.385 e. The van der Waals surface area contributed by atoms with Crippen molar-refractivity contribution in [2.45, 2.75) is 56.5 Å². The van der Waals surface area contributed by atoms with Crippen molar-refractivity contribution in [2.24, 2.45) is 0 Å². The lowest BCUT2D eigenvalue weighted by Gasteiger charge is -2.40. The fourth-order valence-corrected chi connectivity index (χ4v) is 4.71. The Morgan fingerprint density at radius 3 is 2.28 bits per heavy atom. The Morgan fingerprint density at radius 1 is 1.00 bits per heavy atom. The fraction of sp³-hybridized carbons (Fsp3) is 0.346. The predicted molar refractivity (Wildman–Crippen MR) is 121 cm³/mol. The number of aryl methyl sites for hydroxylation is 1. The summed E-state index contributed by atoms with van der Waals surface area (Å²) in [5.74, 6) is -0.452. The Hall–Kier alpha value is -3.12. The summed E-state index contributed by atoms with van der Waals surface area (Å²) in [6.45, 7) is 1.93. The van der Waals surface area contributed by atoms with Gasteiger partial charge in [0.25, 0.3) is 0 Å². The summed E-state index contributed by atoms with van der Waals surface area (Å²) in [6, 6.07) is 11.6. The minimum atomic E-state index is -0.800. The van der Waals surface area contributed by atoms with Crippen LogP contribution in [0.3, 0.4) is 0 Å². The van der Waals surface area contributed by atoms with Gasteiger partial charge in [-0.2, -0.15) is 0 Å². The number of hydrogen-bond acceptors (Lipinski definition) is 4. The number of aliphatic hydroxyl groups is 1. The van der Waals surface area contributed by atoms with Crippen LogP contribution in [0.1, 0.15) is 55.5 Å². The highest BCUT2D eigenvalue weighted by Crippen LogP contribution is 2.46. The fourth-order valence-electron chi connectivity index (χ4n) is 4.71. The Balaban J connectivity index is 1.43. The first-order valence-electron chi connectivity index (χ1n) is 11.1. The van der Waals surface area contributed by atoms with Gasteiger partial charge in [-0.15, -0.1) is 0 Å². The third-order valence-electron chi connectivity index (χ3n) is 7.03. The van der Waals surface area contributed by atoms with Crippen molar-refractivity contribution in [3.05, 3.63) is 77.6 Å². The Kier molecular flexibility index (Phi) is 5.05. The van der Waals surface area contributed by atoms with Crippen molar-refractivity contribution in [2.75, 3.05) is 5.32 Å². The van der Waals surface area contributed by atoms with E-state index in [4.69, 9.17) is 0 Å². The molecule has 2 aliphatic carbocycles. The second-order valence-electron chi connectivity index (χ2n) is 9.09. The summed E-state index contributed by atoms with van der Waals surface area (Å²) < 4.78 is 13.2. The maximum Gasteiger partial charge on any atom is 0.236 e. The Bertz CT molecular complexity index is 1150. The molecule has 0 radical (unpaired) electrons. The molecule has 1 aromatic carbocycles. The van der Waals surface area contributed by atoms with Gasteiger partial charge in [-0.05, 0) is 81.0 Å². The van der Waals surface area contributed by atoms with E-state index in [0.717, 1.165) is 66.6 Å². The van der Waals surface area contributed by atoms with Gasteiger partial charge in [0.15, 0.2) is 0 Å². The van der Waals surface area contributed by atoms with Gasteiger partial charge in [0, 0.05) is 34.9 Å². The number of halogens is 1. The molecule has 2 N–H and O–H groups in total. The van der Waals surface area contributed by atoms with Crippen molar-refractivity contribution in [1.82, 2.24) is 9.97 Å². The second kappa shape index (κ2) is 7.78. The zero-order valence-corrected chi connectivity index (χ0v) is 18.1. The number of aromatic nitrogens is 2. The highest BCUT2D eigenvalue weighted by Gasteiger charge is 2.47. The van der Waals surface area contributed by atoms with Crippen LogP contribution >= 0.6 is 0 Å². The van der Waals surface area contributed by atoms with Crippen molar-refractivity contribution in [1.29, 1.82) is 0 Å². The third-order valence-corrected chi connectivity index (χ3v) is 7.03. The standard InChI is InChI=1S/C26H26FN3O2/c1-17-14-22(26(32)12-3-13-26)21(16-28-17)18-4-9-23(29-15-18)25(10-2-11-25)24(31)30-20-7-5-19(27)6-8-20/h4-9,14-16,32H,2-3,10-13H2,1H3,(H,30,31). The number of benzene rings is 1. The van der Waals surface area contributed by atoms with E-state index in [1.165, 1.54) is 12.1 Å². The number of anilines is 1. The molecule has 5 nitrogen and oxygen atoms in total. The van der Waals surface area contributed by atoms with E-state index < -0.39 is 11.0 Å². The second-order valence-corrected chi connectivity index (χ2v) is 9.09. The lowest BCUT2D eigenvalue weighted by Crippen LogP contribution is -2.46. The van der Waals surface area contributed by atoms with Crippen LogP contribution in [-0.2, 0) is 15.8 Å². The normalized spacial score (nSPS) is 18.3. The molecule has 2 heterocycles. The van der Waals surface area contributed by atoms with E-state index in [0.29, 0.717) is 5.69 Å². The molecule has 2 fully saturated rings. The number of nitrogens with one attached hydrogen (secondary N) is 1. The van der Waals surface area contributed by atoms with Gasteiger partial charge in [0.1, 0.15) is 5.82 Å². The van der Waals surface area contributed by atoms with Gasteiger partial charge in [0.2, 0.25) is 5.91 Å². The molecule has 164 valence electrons. The van der Waals surface area contributed by atoms with Crippen LogP contribution in [0.4, 0.5) is 10.1 Å². The van der Waals surface area contributed by atoms with E-state index in [2.05, 4.69) is 15.3 Å². The highest BCUT2D eigenvalue weighted by molar-refractivity contribution is 5.99. The molecular weight excluding hydrogens is 405 g/mol. The van der Waals surface area contributed by atoms with Gasteiger partial charge in [-0.3, -0.25) is 14.8 Å². The van der Waals surface area contributed by atoms with Crippen LogP contribution in [0.15, 0.2) is 54.9 Å². The smallest absolute Gasteiger partial charge is 0.236 e. The summed E-state index contributed by atoms with van der Waals surface area (Å²) in [5.41, 5.74) is 3.37. The molecule has 5 rings (SSSR count). The zero-order chi connectivity index (χ0) is 22.3. The Labute approximate surface area is 186 Å². The molecule has 0 bridgehead atoms. The van der Waals surface area contributed by atoms with Crippen LogP contribution < -0.4 is 5.32 Å². The van der Waals surface area contributed by atoms with Crippen LogP contribution in [0.2, 0.25) is 0 Å². The topological polar surface area (TPSA) is 75.1 Å². The van der Waals surface area contributed by atoms with Gasteiger partial charge >= 0.3 is 0 Å². The summed E-state index contributed by atoms with van der Waals surface area (Å²) in [7, 11) is 0. The van der Waals surface area contributed by atoms with E-state index >= 15 is 0 Å². The molecule has 2 aromatic heterocycles. The van der Waals surface area contributed by atoms with Crippen LogP contribution in [-0.4, -0.2) is 21.0 Å². The SMILES string of the molecule is Cc1cc(C2(O)CCC2)c(-c2ccc(C3(C(=O)Nc4ccc(F)cc4)CCC3)nc2)cn1. The molecular formula is C26H26FN3O2. The third kappa shape index (κ3) is 3.48. The molecule has 32 heavy (non-hydrogen) atoms. The first-order valence-corrected chi connectivity index (χ1v) is 11.1. The lowest BCUT2D eigenvalue weighted by molar-refractivity contribution is -0.124. The minimum absolute atomic E-state index is 0.114. The van der Waals surface area contributed by atoms with Crippen molar-refractivity contribution in [3.63, 3.8) is 0 Å². The average molecular weight is 432 g/mol. The number of pyridine rings is 2. The van der Waals surface area contributed by atoms with Crippen LogP contribution in [0, 0.1) is 12.7 Å². The Morgan fingerprint density at radius 2 is 1.72 bits per heavy atom. The van der Waals surface area contributed by atoms with E-state index in [-0.39, 0.29) is 11.7 Å². The number of hydrogen-bond donors (Lipinski definition) is 2. The molecule has 1 amide bonds. The predicted octanol–water partition coefficient (Wildman–Crippen LogP) is 5.02. The molecule has 0 atom stereocenters. The first-order chi connectivity index (χ1) is 15.4. The molecule has 0 unspecified atom stereocenters. The van der Waals surface area contributed by atoms with Gasteiger partial charge < -0.3 is 10.4 Å². The van der Waals surface area contributed by atoms with Crippen LogP contribution in [0.25, 0.3) is 11.1 Å². The number of amides is 1. The van der Waals surface area contributed by atoms with E-state index in [1.54, 1.807) is 24.5 Å². The summed E-state index contributed by atoms with van der Waals surface area (Å²) in [5, 5.41) is 13.9. The molecule has 0 aliphatic heterocycles. The maximum atomic E-state index is 13.2. The molecule has 0 saturated heterocycles. The molecule has 0 spiro atoms. The lowest BCUT2D eigenvalue weighted by atomic mass is 9.65. The number of carbonyl (C=O) groups excluding carboxylic acids is 1. The number of nitrogens with zero attached hydrogens (tertiary/aromatic N) is 2. The van der Waals surface area contributed by atoms with Crippen LogP contribution in [0.5, 0.6) is 0 Å². The zero-order valence-electron chi connectivity index (χ0n) is 18.1.